The molecule has 1 atom stereocenters. The SMILES string of the molecule is COc1ccc(CN2CCCC(c3[nH]ncc3C)C2)cc1. The molecule has 0 spiro atoms. The van der Waals surface area contributed by atoms with Crippen molar-refractivity contribution in [1.29, 1.82) is 0 Å². The van der Waals surface area contributed by atoms with Crippen molar-refractivity contribution in [2.45, 2.75) is 32.2 Å². The van der Waals surface area contributed by atoms with Gasteiger partial charge in [-0.3, -0.25) is 10.00 Å². The molecule has 2 heterocycles. The molecule has 3 rings (SSSR count). The second-order valence-corrected chi connectivity index (χ2v) is 5.89. The Kier molecular flexibility index (Phi) is 4.25. The molecule has 1 aliphatic rings. The third-order valence-corrected chi connectivity index (χ3v) is 4.35. The van der Waals surface area contributed by atoms with E-state index in [2.05, 4.69) is 34.2 Å². The van der Waals surface area contributed by atoms with Gasteiger partial charge in [0.15, 0.2) is 0 Å². The molecule has 1 aromatic carbocycles. The van der Waals surface area contributed by atoms with Crippen molar-refractivity contribution in [2.24, 2.45) is 0 Å². The van der Waals surface area contributed by atoms with Gasteiger partial charge in [0.25, 0.3) is 0 Å². The Balaban J connectivity index is 1.64. The lowest BCUT2D eigenvalue weighted by Gasteiger charge is -2.32. The summed E-state index contributed by atoms with van der Waals surface area (Å²) in [4.78, 5) is 2.54. The number of benzene rings is 1. The van der Waals surface area contributed by atoms with Crippen LogP contribution < -0.4 is 4.74 Å². The lowest BCUT2D eigenvalue weighted by atomic mass is 9.92. The summed E-state index contributed by atoms with van der Waals surface area (Å²) in [7, 11) is 1.71. The Labute approximate surface area is 126 Å². The fourth-order valence-corrected chi connectivity index (χ4v) is 3.19. The standard InChI is InChI=1S/C17H23N3O/c1-13-10-18-19-17(13)15-4-3-9-20(12-15)11-14-5-7-16(21-2)8-6-14/h5-8,10,15H,3-4,9,11-12H2,1-2H3,(H,18,19). The Morgan fingerprint density at radius 1 is 1.33 bits per heavy atom. The molecule has 1 fully saturated rings. The number of nitrogens with zero attached hydrogens (tertiary/aromatic N) is 2. The number of hydrogen-bond acceptors (Lipinski definition) is 3. The summed E-state index contributed by atoms with van der Waals surface area (Å²) in [6.45, 7) is 5.43. The minimum atomic E-state index is 0.583. The van der Waals surface area contributed by atoms with Crippen LogP contribution in [0, 0.1) is 6.92 Å². The van der Waals surface area contributed by atoms with Crippen LogP contribution in [0.3, 0.4) is 0 Å². The van der Waals surface area contributed by atoms with Gasteiger partial charge in [-0.15, -0.1) is 0 Å². The van der Waals surface area contributed by atoms with Crippen LogP contribution >= 0.6 is 0 Å². The molecule has 0 saturated carbocycles. The maximum Gasteiger partial charge on any atom is 0.118 e. The molecule has 0 aliphatic carbocycles. The van der Waals surface area contributed by atoms with Gasteiger partial charge in [-0.05, 0) is 49.6 Å². The van der Waals surface area contributed by atoms with E-state index in [4.69, 9.17) is 4.74 Å². The lowest BCUT2D eigenvalue weighted by molar-refractivity contribution is 0.198. The number of hydrogen-bond donors (Lipinski definition) is 1. The minimum absolute atomic E-state index is 0.583. The highest BCUT2D eigenvalue weighted by Gasteiger charge is 2.23. The maximum absolute atomic E-state index is 5.21. The van der Waals surface area contributed by atoms with Crippen LogP contribution in [0.2, 0.25) is 0 Å². The monoisotopic (exact) mass is 285 g/mol. The average Bonchev–Trinajstić information content (AvgIpc) is 2.94. The molecular formula is C17H23N3O. The summed E-state index contributed by atoms with van der Waals surface area (Å²) in [5.74, 6) is 1.50. The predicted molar refractivity (Wildman–Crippen MR) is 83.6 cm³/mol. The van der Waals surface area contributed by atoms with E-state index in [-0.39, 0.29) is 0 Å². The van der Waals surface area contributed by atoms with Crippen LogP contribution in [0.25, 0.3) is 0 Å². The predicted octanol–water partition coefficient (Wildman–Crippen LogP) is 3.11. The summed E-state index contributed by atoms with van der Waals surface area (Å²) >= 11 is 0. The second kappa shape index (κ2) is 6.31. The molecule has 0 bridgehead atoms. The number of likely N-dealkylation sites (tertiary alicyclic amines) is 1. The van der Waals surface area contributed by atoms with Gasteiger partial charge in [-0.2, -0.15) is 5.10 Å². The molecule has 2 aromatic rings. The first-order valence-corrected chi connectivity index (χ1v) is 7.61. The van der Waals surface area contributed by atoms with Gasteiger partial charge in [0.1, 0.15) is 5.75 Å². The van der Waals surface area contributed by atoms with Gasteiger partial charge < -0.3 is 4.74 Å². The molecule has 1 aromatic heterocycles. The molecule has 4 nitrogen and oxygen atoms in total. The van der Waals surface area contributed by atoms with Crippen molar-refractivity contribution in [3.63, 3.8) is 0 Å². The first-order valence-electron chi connectivity index (χ1n) is 7.61. The Hall–Kier alpha value is -1.81. The van der Waals surface area contributed by atoms with Crippen molar-refractivity contribution in [2.75, 3.05) is 20.2 Å². The summed E-state index contributed by atoms with van der Waals surface area (Å²) in [5, 5.41) is 7.35. The maximum atomic E-state index is 5.21. The number of methoxy groups -OCH3 is 1. The molecule has 1 unspecified atom stereocenters. The fraction of sp³-hybridized carbons (Fsp3) is 0.471. The second-order valence-electron chi connectivity index (χ2n) is 5.89. The number of H-pyrrole nitrogens is 1. The van der Waals surface area contributed by atoms with Crippen molar-refractivity contribution >= 4 is 0 Å². The summed E-state index contributed by atoms with van der Waals surface area (Å²) in [6, 6.07) is 8.39. The van der Waals surface area contributed by atoms with Gasteiger partial charge in [0.05, 0.1) is 13.3 Å². The molecule has 1 N–H and O–H groups in total. The highest BCUT2D eigenvalue weighted by Crippen LogP contribution is 2.28. The normalized spacial score (nSPS) is 19.6. The lowest BCUT2D eigenvalue weighted by Crippen LogP contribution is -2.34. The molecule has 21 heavy (non-hydrogen) atoms. The Morgan fingerprint density at radius 2 is 2.14 bits per heavy atom. The van der Waals surface area contributed by atoms with Gasteiger partial charge in [0, 0.05) is 24.7 Å². The first-order chi connectivity index (χ1) is 10.3. The topological polar surface area (TPSA) is 41.1 Å². The van der Waals surface area contributed by atoms with Crippen molar-refractivity contribution < 1.29 is 4.74 Å². The molecule has 112 valence electrons. The zero-order valence-corrected chi connectivity index (χ0v) is 12.8. The van der Waals surface area contributed by atoms with Gasteiger partial charge >= 0.3 is 0 Å². The van der Waals surface area contributed by atoms with Crippen molar-refractivity contribution in [3.8, 4) is 5.75 Å². The zero-order chi connectivity index (χ0) is 14.7. The summed E-state index contributed by atoms with van der Waals surface area (Å²) < 4.78 is 5.21. The van der Waals surface area contributed by atoms with Crippen LogP contribution in [0.1, 0.15) is 35.6 Å². The number of nitrogens with one attached hydrogen (secondary N) is 1. The number of aromatic nitrogens is 2. The number of rotatable bonds is 4. The third-order valence-electron chi connectivity index (χ3n) is 4.35. The van der Waals surface area contributed by atoms with E-state index < -0.39 is 0 Å². The largest absolute Gasteiger partial charge is 0.497 e. The quantitative estimate of drug-likeness (QED) is 0.938. The van der Waals surface area contributed by atoms with E-state index in [1.807, 2.05) is 18.3 Å². The van der Waals surface area contributed by atoms with Gasteiger partial charge in [0.2, 0.25) is 0 Å². The van der Waals surface area contributed by atoms with Gasteiger partial charge in [-0.1, -0.05) is 12.1 Å². The first kappa shape index (κ1) is 14.1. The molecule has 0 radical (unpaired) electrons. The molecule has 4 heteroatoms. The fourth-order valence-electron chi connectivity index (χ4n) is 3.19. The van der Waals surface area contributed by atoms with E-state index in [1.165, 1.54) is 36.2 Å². The third kappa shape index (κ3) is 3.27. The van der Waals surface area contributed by atoms with E-state index in [0.29, 0.717) is 5.92 Å². The van der Waals surface area contributed by atoms with Gasteiger partial charge in [-0.25, -0.2) is 0 Å². The van der Waals surface area contributed by atoms with Crippen molar-refractivity contribution in [3.05, 3.63) is 47.3 Å². The van der Waals surface area contributed by atoms with Crippen LogP contribution in [0.4, 0.5) is 0 Å². The highest BCUT2D eigenvalue weighted by molar-refractivity contribution is 5.27. The number of aryl methyl sites for hydroxylation is 1. The Morgan fingerprint density at radius 3 is 2.81 bits per heavy atom. The van der Waals surface area contributed by atoms with Crippen LogP contribution in [-0.4, -0.2) is 35.3 Å². The molecule has 1 saturated heterocycles. The average molecular weight is 285 g/mol. The van der Waals surface area contributed by atoms with E-state index in [1.54, 1.807) is 7.11 Å². The van der Waals surface area contributed by atoms with E-state index >= 15 is 0 Å². The molecular weight excluding hydrogens is 262 g/mol. The highest BCUT2D eigenvalue weighted by atomic mass is 16.5. The van der Waals surface area contributed by atoms with Crippen LogP contribution in [0.5, 0.6) is 5.75 Å². The summed E-state index contributed by atoms with van der Waals surface area (Å²) in [5.41, 5.74) is 3.94. The van der Waals surface area contributed by atoms with Crippen molar-refractivity contribution in [1.82, 2.24) is 15.1 Å². The van der Waals surface area contributed by atoms with E-state index in [9.17, 15) is 0 Å². The number of piperidine rings is 1. The molecule has 0 amide bonds. The Bertz CT molecular complexity index is 576. The smallest absolute Gasteiger partial charge is 0.118 e. The minimum Gasteiger partial charge on any atom is -0.497 e. The summed E-state index contributed by atoms with van der Waals surface area (Å²) in [6.07, 6.45) is 4.43. The van der Waals surface area contributed by atoms with E-state index in [0.717, 1.165) is 18.8 Å². The number of aromatic amines is 1. The number of ether oxygens (including phenoxy) is 1. The van der Waals surface area contributed by atoms with Crippen LogP contribution in [0.15, 0.2) is 30.5 Å². The van der Waals surface area contributed by atoms with Crippen LogP contribution in [-0.2, 0) is 6.54 Å². The molecule has 1 aliphatic heterocycles. The zero-order valence-electron chi connectivity index (χ0n) is 12.8.